The highest BCUT2D eigenvalue weighted by Gasteiger charge is 2.36. The summed E-state index contributed by atoms with van der Waals surface area (Å²) in [5.74, 6) is 0.512. The molecule has 2 aliphatic heterocycles. The molecular weight excluding hydrogens is 486 g/mol. The number of benzene rings is 3. The first-order valence-corrected chi connectivity index (χ1v) is 14.5. The van der Waals surface area contributed by atoms with E-state index in [1.807, 2.05) is 47.4 Å². The minimum absolute atomic E-state index is 0.0415. The molecule has 4 nitrogen and oxygen atoms in total. The summed E-state index contributed by atoms with van der Waals surface area (Å²) in [5, 5.41) is 0.755. The second kappa shape index (κ2) is 11.2. The van der Waals surface area contributed by atoms with Gasteiger partial charge in [0.15, 0.2) is 5.17 Å². The summed E-state index contributed by atoms with van der Waals surface area (Å²) in [6, 6.07) is 27.0. The van der Waals surface area contributed by atoms with Crippen molar-refractivity contribution >= 4 is 40.3 Å². The van der Waals surface area contributed by atoms with E-state index in [-0.39, 0.29) is 11.4 Å². The first kappa shape index (κ1) is 26.3. The molecule has 196 valence electrons. The lowest BCUT2D eigenvalue weighted by Crippen LogP contribution is -2.48. The van der Waals surface area contributed by atoms with Crippen LogP contribution in [0.25, 0.3) is 6.08 Å². The lowest BCUT2D eigenvalue weighted by atomic mass is 9.79. The summed E-state index contributed by atoms with van der Waals surface area (Å²) < 4.78 is 0. The largest absolute Gasteiger partial charge is 0.366 e. The SMILES string of the molecule is CCN1c2ccc(/C=C3/SC(=Nc4ccccc4)N(CCCc4ccccc4)C3=O)cc2C(C)CC1(C)C. The molecule has 0 saturated carbocycles. The van der Waals surface area contributed by atoms with Gasteiger partial charge < -0.3 is 4.90 Å². The van der Waals surface area contributed by atoms with Crippen LogP contribution in [0.2, 0.25) is 0 Å². The number of amidine groups is 1. The molecule has 38 heavy (non-hydrogen) atoms. The van der Waals surface area contributed by atoms with E-state index in [9.17, 15) is 4.79 Å². The zero-order valence-corrected chi connectivity index (χ0v) is 23.7. The lowest BCUT2D eigenvalue weighted by molar-refractivity contribution is -0.122. The van der Waals surface area contributed by atoms with Gasteiger partial charge in [0, 0.05) is 24.3 Å². The molecule has 3 aromatic carbocycles. The van der Waals surface area contributed by atoms with Gasteiger partial charge in [-0.2, -0.15) is 0 Å². The number of thioether (sulfide) groups is 1. The first-order chi connectivity index (χ1) is 18.4. The monoisotopic (exact) mass is 523 g/mol. The first-order valence-electron chi connectivity index (χ1n) is 13.7. The third-order valence-electron chi connectivity index (χ3n) is 7.58. The number of rotatable bonds is 7. The van der Waals surface area contributed by atoms with Gasteiger partial charge in [0.2, 0.25) is 0 Å². The molecule has 1 fully saturated rings. The molecule has 0 radical (unpaired) electrons. The zero-order chi connectivity index (χ0) is 26.7. The molecular formula is C33H37N3OS. The highest BCUT2D eigenvalue weighted by Crippen LogP contribution is 2.44. The minimum atomic E-state index is 0.0415. The summed E-state index contributed by atoms with van der Waals surface area (Å²) in [4.78, 5) is 23.6. The molecule has 2 aliphatic rings. The van der Waals surface area contributed by atoms with E-state index < -0.39 is 0 Å². The number of carbonyl (C=O) groups excluding carboxylic acids is 1. The van der Waals surface area contributed by atoms with Crippen molar-refractivity contribution in [1.29, 1.82) is 0 Å². The van der Waals surface area contributed by atoms with Gasteiger partial charge in [0.25, 0.3) is 5.91 Å². The van der Waals surface area contributed by atoms with Gasteiger partial charge in [-0.25, -0.2) is 4.99 Å². The van der Waals surface area contributed by atoms with Crippen LogP contribution in [0.3, 0.4) is 0 Å². The molecule has 0 bridgehead atoms. The third-order valence-corrected chi connectivity index (χ3v) is 8.59. The Hall–Kier alpha value is -3.31. The van der Waals surface area contributed by atoms with Crippen molar-refractivity contribution < 1.29 is 4.79 Å². The fourth-order valence-electron chi connectivity index (χ4n) is 5.84. The average Bonchev–Trinajstić information content (AvgIpc) is 3.19. The predicted octanol–water partition coefficient (Wildman–Crippen LogP) is 8.04. The van der Waals surface area contributed by atoms with Gasteiger partial charge in [-0.3, -0.25) is 9.69 Å². The molecule has 1 atom stereocenters. The van der Waals surface area contributed by atoms with Gasteiger partial charge in [-0.05, 0) is 105 Å². The number of aliphatic imine (C=N–C) groups is 1. The molecule has 5 rings (SSSR count). The van der Waals surface area contributed by atoms with Crippen molar-refractivity contribution in [1.82, 2.24) is 4.90 Å². The molecule has 3 aromatic rings. The number of hydrogen-bond donors (Lipinski definition) is 0. The van der Waals surface area contributed by atoms with Crippen molar-refractivity contribution in [2.45, 2.75) is 58.4 Å². The summed E-state index contributed by atoms with van der Waals surface area (Å²) in [6.07, 6.45) is 4.98. The predicted molar refractivity (Wildman–Crippen MR) is 162 cm³/mol. The number of para-hydroxylation sites is 1. The average molecular weight is 524 g/mol. The maximum Gasteiger partial charge on any atom is 0.266 e. The lowest BCUT2D eigenvalue weighted by Gasteiger charge is -2.47. The fraction of sp³-hybridized carbons (Fsp3) is 0.333. The Bertz CT molecular complexity index is 1350. The fourth-order valence-corrected chi connectivity index (χ4v) is 6.86. The van der Waals surface area contributed by atoms with Crippen LogP contribution < -0.4 is 4.90 Å². The van der Waals surface area contributed by atoms with Crippen LogP contribution in [-0.2, 0) is 11.2 Å². The van der Waals surface area contributed by atoms with Crippen LogP contribution >= 0.6 is 11.8 Å². The second-order valence-corrected chi connectivity index (χ2v) is 11.9. The number of nitrogens with zero attached hydrogens (tertiary/aromatic N) is 3. The highest BCUT2D eigenvalue weighted by molar-refractivity contribution is 8.18. The normalized spacial score (nSPS) is 20.8. The van der Waals surface area contributed by atoms with E-state index in [1.165, 1.54) is 28.6 Å². The molecule has 1 unspecified atom stereocenters. The Balaban J connectivity index is 1.42. The van der Waals surface area contributed by atoms with Gasteiger partial charge in [0.1, 0.15) is 0 Å². The number of anilines is 1. The van der Waals surface area contributed by atoms with Crippen molar-refractivity contribution in [3.8, 4) is 0 Å². The number of amides is 1. The van der Waals surface area contributed by atoms with E-state index in [2.05, 4.69) is 75.1 Å². The van der Waals surface area contributed by atoms with Gasteiger partial charge >= 0.3 is 0 Å². The van der Waals surface area contributed by atoms with E-state index in [0.29, 0.717) is 12.5 Å². The summed E-state index contributed by atoms with van der Waals surface area (Å²) in [7, 11) is 0. The van der Waals surface area contributed by atoms with Crippen LogP contribution in [0.4, 0.5) is 11.4 Å². The van der Waals surface area contributed by atoms with Gasteiger partial charge in [-0.1, -0.05) is 61.5 Å². The van der Waals surface area contributed by atoms with Crippen molar-refractivity contribution in [2.24, 2.45) is 4.99 Å². The van der Waals surface area contributed by atoms with Crippen molar-refractivity contribution in [3.63, 3.8) is 0 Å². The second-order valence-electron chi connectivity index (χ2n) is 10.9. The number of fused-ring (bicyclic) bond motifs is 1. The van der Waals surface area contributed by atoms with Crippen LogP contribution in [0.1, 0.15) is 63.1 Å². The molecule has 1 saturated heterocycles. The van der Waals surface area contributed by atoms with Gasteiger partial charge in [-0.15, -0.1) is 0 Å². The molecule has 2 heterocycles. The topological polar surface area (TPSA) is 35.9 Å². The molecule has 0 N–H and O–H groups in total. The third kappa shape index (κ3) is 5.58. The summed E-state index contributed by atoms with van der Waals surface area (Å²) in [5.41, 5.74) is 6.05. The van der Waals surface area contributed by atoms with Gasteiger partial charge in [0.05, 0.1) is 10.6 Å². The molecule has 5 heteroatoms. The number of hydrogen-bond acceptors (Lipinski definition) is 4. The van der Waals surface area contributed by atoms with E-state index in [4.69, 9.17) is 4.99 Å². The number of aryl methyl sites for hydroxylation is 1. The maximum absolute atomic E-state index is 13.6. The van der Waals surface area contributed by atoms with Crippen LogP contribution in [0.15, 0.2) is 88.8 Å². The standard InChI is InChI=1S/C33H37N3OS/c1-5-36-29-19-18-26(21-28(29)24(2)23-33(36,3)4)22-30-31(37)35(20-12-15-25-13-8-6-9-14-25)32(38-30)34-27-16-10-7-11-17-27/h6-11,13-14,16-19,21-22,24H,5,12,15,20,23H2,1-4H3/b30-22+,34-32?. The van der Waals surface area contributed by atoms with Crippen molar-refractivity contribution in [2.75, 3.05) is 18.0 Å². The van der Waals surface area contributed by atoms with Crippen molar-refractivity contribution in [3.05, 3.63) is 100 Å². The molecule has 0 spiro atoms. The van der Waals surface area contributed by atoms with Crippen LogP contribution in [0.5, 0.6) is 0 Å². The maximum atomic E-state index is 13.6. The minimum Gasteiger partial charge on any atom is -0.366 e. The van der Waals surface area contributed by atoms with Crippen LogP contribution in [0, 0.1) is 0 Å². The Morgan fingerprint density at radius 2 is 1.74 bits per heavy atom. The Morgan fingerprint density at radius 1 is 1.03 bits per heavy atom. The summed E-state index contributed by atoms with van der Waals surface area (Å²) in [6.45, 7) is 10.8. The molecule has 0 aromatic heterocycles. The zero-order valence-electron chi connectivity index (χ0n) is 22.9. The number of carbonyl (C=O) groups is 1. The van der Waals surface area contributed by atoms with E-state index in [0.717, 1.165) is 47.1 Å². The molecule has 0 aliphatic carbocycles. The summed E-state index contributed by atoms with van der Waals surface area (Å²) >= 11 is 1.48. The van der Waals surface area contributed by atoms with Crippen LogP contribution in [-0.4, -0.2) is 34.6 Å². The van der Waals surface area contributed by atoms with E-state index in [1.54, 1.807) is 0 Å². The Morgan fingerprint density at radius 3 is 2.45 bits per heavy atom. The molecule has 1 amide bonds. The smallest absolute Gasteiger partial charge is 0.266 e. The Labute approximate surface area is 231 Å². The Kier molecular flexibility index (Phi) is 7.75. The highest BCUT2D eigenvalue weighted by atomic mass is 32.2. The quantitative estimate of drug-likeness (QED) is 0.294. The van der Waals surface area contributed by atoms with E-state index >= 15 is 0 Å².